The van der Waals surface area contributed by atoms with E-state index in [4.69, 9.17) is 11.6 Å². The van der Waals surface area contributed by atoms with E-state index >= 15 is 0 Å². The van der Waals surface area contributed by atoms with Crippen molar-refractivity contribution in [1.82, 2.24) is 9.21 Å². The number of non-ortho nitro benzene ring substituents is 1. The number of halogens is 2. The summed E-state index contributed by atoms with van der Waals surface area (Å²) >= 11 is 6.04. The monoisotopic (exact) mass is 483 g/mol. The Morgan fingerprint density at radius 1 is 1.28 bits per heavy atom. The molecule has 2 aromatic rings. The highest BCUT2D eigenvalue weighted by atomic mass is 35.5. The zero-order valence-electron chi connectivity index (χ0n) is 17.6. The third kappa shape index (κ3) is 4.92. The van der Waals surface area contributed by atoms with Crippen molar-refractivity contribution in [2.24, 2.45) is 5.92 Å². The number of sulfonamides is 1. The predicted octanol–water partition coefficient (Wildman–Crippen LogP) is 3.76. The van der Waals surface area contributed by atoms with Crippen molar-refractivity contribution in [2.75, 3.05) is 20.1 Å². The SMILES string of the molecule is Cc1ccc([N+](=O)[O-])cc1S(=O)(=O)N1CCC(C(=O)N(C)Cc2c(F)cccc2Cl)CC1. The quantitative estimate of drug-likeness (QED) is 0.460. The summed E-state index contributed by atoms with van der Waals surface area (Å²) < 4.78 is 41.4. The second kappa shape index (κ2) is 9.51. The molecule has 0 spiro atoms. The third-order valence-electron chi connectivity index (χ3n) is 5.64. The molecule has 1 aliphatic rings. The first-order valence-corrected chi connectivity index (χ1v) is 11.8. The number of nitrogens with zero attached hydrogens (tertiary/aromatic N) is 3. The predicted molar refractivity (Wildman–Crippen MR) is 117 cm³/mol. The number of carbonyl (C=O) groups is 1. The van der Waals surface area contributed by atoms with E-state index in [0.29, 0.717) is 18.4 Å². The summed E-state index contributed by atoms with van der Waals surface area (Å²) in [5, 5.41) is 11.3. The molecule has 1 amide bonds. The van der Waals surface area contributed by atoms with Gasteiger partial charge in [0.1, 0.15) is 5.82 Å². The van der Waals surface area contributed by atoms with Crippen LogP contribution in [0.1, 0.15) is 24.0 Å². The molecule has 11 heteroatoms. The third-order valence-corrected chi connectivity index (χ3v) is 8.03. The number of hydrogen-bond donors (Lipinski definition) is 0. The molecule has 0 N–H and O–H groups in total. The molecule has 2 aromatic carbocycles. The van der Waals surface area contributed by atoms with Gasteiger partial charge in [-0.1, -0.05) is 23.7 Å². The number of carbonyl (C=O) groups excluding carboxylic acids is 1. The lowest BCUT2D eigenvalue weighted by Gasteiger charge is -2.33. The molecule has 32 heavy (non-hydrogen) atoms. The second-order valence-corrected chi connectivity index (χ2v) is 10.1. The molecule has 3 rings (SSSR count). The minimum absolute atomic E-state index is 0.00965. The summed E-state index contributed by atoms with van der Waals surface area (Å²) in [4.78, 5) is 24.5. The van der Waals surface area contributed by atoms with Gasteiger partial charge in [-0.25, -0.2) is 12.8 Å². The van der Waals surface area contributed by atoms with Gasteiger partial charge in [0.2, 0.25) is 15.9 Å². The first-order valence-electron chi connectivity index (χ1n) is 9.95. The van der Waals surface area contributed by atoms with Crippen LogP contribution < -0.4 is 0 Å². The number of amides is 1. The van der Waals surface area contributed by atoms with E-state index in [1.54, 1.807) is 20.0 Å². The minimum atomic E-state index is -3.94. The molecule has 0 aromatic heterocycles. The Labute approximate surface area is 190 Å². The zero-order chi connectivity index (χ0) is 23.6. The first kappa shape index (κ1) is 24.1. The van der Waals surface area contributed by atoms with Crippen LogP contribution in [0.2, 0.25) is 5.02 Å². The van der Waals surface area contributed by atoms with Crippen LogP contribution in [0, 0.1) is 28.8 Å². The summed E-state index contributed by atoms with van der Waals surface area (Å²) in [5.74, 6) is -1.12. The lowest BCUT2D eigenvalue weighted by atomic mass is 9.96. The lowest BCUT2D eigenvalue weighted by molar-refractivity contribution is -0.385. The van der Waals surface area contributed by atoms with Gasteiger partial charge in [0.15, 0.2) is 0 Å². The van der Waals surface area contributed by atoms with E-state index in [2.05, 4.69) is 0 Å². The lowest BCUT2D eigenvalue weighted by Crippen LogP contribution is -2.43. The maximum atomic E-state index is 14.0. The molecule has 172 valence electrons. The molecule has 0 unspecified atom stereocenters. The first-order chi connectivity index (χ1) is 15.0. The Bertz CT molecular complexity index is 1130. The molecule has 0 saturated carbocycles. The molecule has 1 fully saturated rings. The minimum Gasteiger partial charge on any atom is -0.341 e. The Hall–Kier alpha value is -2.56. The number of piperidine rings is 1. The Balaban J connectivity index is 1.68. The zero-order valence-corrected chi connectivity index (χ0v) is 19.2. The molecule has 0 radical (unpaired) electrons. The molecule has 1 saturated heterocycles. The van der Waals surface area contributed by atoms with Gasteiger partial charge in [-0.2, -0.15) is 4.31 Å². The van der Waals surface area contributed by atoms with E-state index in [1.807, 2.05) is 0 Å². The highest BCUT2D eigenvalue weighted by molar-refractivity contribution is 7.89. The fourth-order valence-corrected chi connectivity index (χ4v) is 5.71. The van der Waals surface area contributed by atoms with Gasteiger partial charge in [0.05, 0.1) is 9.82 Å². The van der Waals surface area contributed by atoms with Gasteiger partial charge >= 0.3 is 0 Å². The van der Waals surface area contributed by atoms with Crippen molar-refractivity contribution in [3.8, 4) is 0 Å². The Kier molecular flexibility index (Phi) is 7.16. The summed E-state index contributed by atoms with van der Waals surface area (Å²) in [7, 11) is -2.38. The molecule has 8 nitrogen and oxygen atoms in total. The van der Waals surface area contributed by atoms with E-state index < -0.39 is 26.7 Å². The van der Waals surface area contributed by atoms with Crippen LogP contribution >= 0.6 is 11.6 Å². The van der Waals surface area contributed by atoms with Gasteiger partial charge in [0, 0.05) is 55.3 Å². The van der Waals surface area contributed by atoms with Crippen LogP contribution in [-0.2, 0) is 21.4 Å². The van der Waals surface area contributed by atoms with Gasteiger partial charge in [-0.3, -0.25) is 14.9 Å². The highest BCUT2D eigenvalue weighted by Gasteiger charge is 2.34. The molecular formula is C21H23ClFN3O5S. The number of nitro benzene ring substituents is 1. The van der Waals surface area contributed by atoms with E-state index in [0.717, 1.165) is 6.07 Å². The van der Waals surface area contributed by atoms with E-state index in [1.165, 1.54) is 33.5 Å². The largest absolute Gasteiger partial charge is 0.341 e. The van der Waals surface area contributed by atoms with Crippen LogP contribution in [-0.4, -0.2) is 48.6 Å². The van der Waals surface area contributed by atoms with Crippen molar-refractivity contribution in [3.63, 3.8) is 0 Å². The Morgan fingerprint density at radius 2 is 1.94 bits per heavy atom. The summed E-state index contributed by atoms with van der Waals surface area (Å²) in [6, 6.07) is 8.05. The van der Waals surface area contributed by atoms with Crippen LogP contribution in [0.3, 0.4) is 0 Å². The van der Waals surface area contributed by atoms with Crippen LogP contribution in [0.5, 0.6) is 0 Å². The standard InChI is InChI=1S/C21H23ClFN3O5S/c1-14-6-7-16(26(28)29)12-20(14)32(30,31)25-10-8-15(9-11-25)21(27)24(2)13-17-18(22)4-3-5-19(17)23/h3-7,12,15H,8-11,13H2,1-2H3. The normalized spacial score (nSPS) is 15.5. The number of aryl methyl sites for hydroxylation is 1. The van der Waals surface area contributed by atoms with Gasteiger partial charge in [0.25, 0.3) is 5.69 Å². The fourth-order valence-electron chi connectivity index (χ4n) is 3.77. The summed E-state index contributed by atoms with van der Waals surface area (Å²) in [6.45, 7) is 1.80. The van der Waals surface area contributed by atoms with Crippen LogP contribution in [0.25, 0.3) is 0 Å². The van der Waals surface area contributed by atoms with Crippen LogP contribution in [0.15, 0.2) is 41.3 Å². The highest BCUT2D eigenvalue weighted by Crippen LogP contribution is 2.29. The smallest absolute Gasteiger partial charge is 0.270 e. The number of rotatable bonds is 6. The molecular weight excluding hydrogens is 461 g/mol. The van der Waals surface area contributed by atoms with Gasteiger partial charge in [-0.15, -0.1) is 0 Å². The average molecular weight is 484 g/mol. The van der Waals surface area contributed by atoms with Crippen molar-refractivity contribution < 1.29 is 22.5 Å². The number of hydrogen-bond acceptors (Lipinski definition) is 5. The maximum absolute atomic E-state index is 14.0. The average Bonchev–Trinajstić information content (AvgIpc) is 2.75. The molecule has 0 atom stereocenters. The maximum Gasteiger partial charge on any atom is 0.270 e. The number of benzene rings is 2. The van der Waals surface area contributed by atoms with Crippen molar-refractivity contribution in [2.45, 2.75) is 31.2 Å². The summed E-state index contributed by atoms with van der Waals surface area (Å²) in [5.41, 5.74) is 0.342. The number of nitro groups is 1. The second-order valence-electron chi connectivity index (χ2n) is 7.78. The van der Waals surface area contributed by atoms with Gasteiger partial charge < -0.3 is 4.90 Å². The van der Waals surface area contributed by atoms with Crippen molar-refractivity contribution in [3.05, 3.63) is 68.5 Å². The molecule has 0 bridgehead atoms. The van der Waals surface area contributed by atoms with E-state index in [-0.39, 0.29) is 46.7 Å². The van der Waals surface area contributed by atoms with E-state index in [9.17, 15) is 27.7 Å². The fraction of sp³-hybridized carbons (Fsp3) is 0.381. The molecule has 1 aliphatic heterocycles. The summed E-state index contributed by atoms with van der Waals surface area (Å²) in [6.07, 6.45) is 0.586. The Morgan fingerprint density at radius 3 is 2.53 bits per heavy atom. The van der Waals surface area contributed by atoms with Gasteiger partial charge in [-0.05, 0) is 37.5 Å². The van der Waals surface area contributed by atoms with Crippen molar-refractivity contribution in [1.29, 1.82) is 0 Å². The van der Waals surface area contributed by atoms with Crippen molar-refractivity contribution >= 4 is 33.2 Å². The molecule has 0 aliphatic carbocycles. The van der Waals surface area contributed by atoms with Crippen LogP contribution in [0.4, 0.5) is 10.1 Å². The molecule has 1 heterocycles. The topological polar surface area (TPSA) is 101 Å².